The van der Waals surface area contributed by atoms with E-state index in [1.54, 1.807) is 29.3 Å². The summed E-state index contributed by atoms with van der Waals surface area (Å²) in [6.45, 7) is 0.638. The van der Waals surface area contributed by atoms with Crippen LogP contribution in [0, 0.1) is 0 Å². The molecular weight excluding hydrogens is 338 g/mol. The van der Waals surface area contributed by atoms with Crippen molar-refractivity contribution in [1.82, 2.24) is 14.5 Å². The van der Waals surface area contributed by atoms with Crippen LogP contribution in [0.15, 0.2) is 51.9 Å². The smallest absolute Gasteiger partial charge is 0.291 e. The Balaban J connectivity index is 1.63. The zero-order valence-electron chi connectivity index (χ0n) is 13.1. The van der Waals surface area contributed by atoms with Gasteiger partial charge in [0.25, 0.3) is 0 Å². The Morgan fingerprint density at radius 2 is 2.21 bits per heavy atom. The van der Waals surface area contributed by atoms with Gasteiger partial charge in [-0.25, -0.2) is 4.79 Å². The molecule has 0 atom stereocenters. The van der Waals surface area contributed by atoms with E-state index in [0.29, 0.717) is 6.54 Å². The molecule has 3 aromatic heterocycles. The number of hydrogen-bond donors (Lipinski definition) is 0. The van der Waals surface area contributed by atoms with Crippen LogP contribution in [0.4, 0.5) is 0 Å². The van der Waals surface area contributed by atoms with Crippen molar-refractivity contribution >= 4 is 23.1 Å². The third kappa shape index (κ3) is 3.16. The lowest BCUT2D eigenvalue weighted by atomic mass is 10.2. The fourth-order valence-corrected chi connectivity index (χ4v) is 4.77. The fourth-order valence-electron chi connectivity index (χ4n) is 3.06. The molecule has 0 saturated carbocycles. The van der Waals surface area contributed by atoms with Crippen molar-refractivity contribution in [3.05, 3.63) is 74.2 Å². The van der Waals surface area contributed by atoms with Crippen LogP contribution in [0.2, 0.25) is 0 Å². The van der Waals surface area contributed by atoms with Gasteiger partial charge in [0.15, 0.2) is 0 Å². The highest BCUT2D eigenvalue weighted by Gasteiger charge is 2.22. The van der Waals surface area contributed by atoms with Crippen LogP contribution in [0.1, 0.15) is 28.1 Å². The molecular formula is C18H17N3OS2. The molecule has 6 heteroatoms. The fraction of sp³-hybridized carbons (Fsp3) is 0.278. The SMILES string of the molecule is O=c1nc(SCc2cccnc2)c2c(n1Cc1cccs1)CCC2. The first-order valence-corrected chi connectivity index (χ1v) is 9.84. The van der Waals surface area contributed by atoms with Gasteiger partial charge >= 0.3 is 5.69 Å². The average molecular weight is 355 g/mol. The molecule has 0 amide bonds. The van der Waals surface area contributed by atoms with Crippen molar-refractivity contribution in [3.8, 4) is 0 Å². The van der Waals surface area contributed by atoms with E-state index in [-0.39, 0.29) is 5.69 Å². The van der Waals surface area contributed by atoms with E-state index in [0.717, 1.165) is 35.6 Å². The molecule has 0 N–H and O–H groups in total. The zero-order valence-corrected chi connectivity index (χ0v) is 14.8. The van der Waals surface area contributed by atoms with E-state index in [1.165, 1.54) is 16.1 Å². The van der Waals surface area contributed by atoms with Crippen molar-refractivity contribution in [2.75, 3.05) is 0 Å². The highest BCUT2D eigenvalue weighted by atomic mass is 32.2. The molecule has 0 aliphatic heterocycles. The molecule has 4 rings (SSSR count). The number of thioether (sulfide) groups is 1. The largest absolute Gasteiger partial charge is 0.349 e. The number of nitrogens with zero attached hydrogens (tertiary/aromatic N) is 3. The van der Waals surface area contributed by atoms with E-state index in [9.17, 15) is 4.79 Å². The van der Waals surface area contributed by atoms with Gasteiger partial charge in [-0.2, -0.15) is 4.98 Å². The molecule has 1 aliphatic rings. The first-order chi connectivity index (χ1) is 11.8. The minimum Gasteiger partial charge on any atom is -0.291 e. The molecule has 0 aromatic carbocycles. The summed E-state index contributed by atoms with van der Waals surface area (Å²) >= 11 is 3.33. The predicted octanol–water partition coefficient (Wildman–Crippen LogP) is 3.53. The van der Waals surface area contributed by atoms with Crippen LogP contribution >= 0.6 is 23.1 Å². The second-order valence-electron chi connectivity index (χ2n) is 5.79. The minimum absolute atomic E-state index is 0.127. The standard InChI is InChI=1S/C18H17N3OS2/c22-18-20-17(24-12-13-4-2-8-19-10-13)15-6-1-7-16(15)21(18)11-14-5-3-9-23-14/h2-5,8-10H,1,6-7,11-12H2. The Morgan fingerprint density at radius 1 is 1.25 bits per heavy atom. The van der Waals surface area contributed by atoms with Crippen LogP contribution in [-0.4, -0.2) is 14.5 Å². The van der Waals surface area contributed by atoms with Crippen molar-refractivity contribution in [1.29, 1.82) is 0 Å². The van der Waals surface area contributed by atoms with Gasteiger partial charge in [-0.1, -0.05) is 12.1 Å². The Labute approximate surface area is 148 Å². The number of aromatic nitrogens is 3. The molecule has 0 spiro atoms. The van der Waals surface area contributed by atoms with Gasteiger partial charge in [-0.05, 0) is 42.3 Å². The van der Waals surface area contributed by atoms with Gasteiger partial charge in [0.05, 0.1) is 6.54 Å². The average Bonchev–Trinajstić information content (AvgIpc) is 3.28. The predicted molar refractivity (Wildman–Crippen MR) is 97.7 cm³/mol. The summed E-state index contributed by atoms with van der Waals surface area (Å²) in [5.41, 5.74) is 3.47. The summed E-state index contributed by atoms with van der Waals surface area (Å²) in [5.74, 6) is 0.793. The monoisotopic (exact) mass is 355 g/mol. The zero-order chi connectivity index (χ0) is 16.4. The molecule has 0 saturated heterocycles. The van der Waals surface area contributed by atoms with E-state index in [4.69, 9.17) is 0 Å². The van der Waals surface area contributed by atoms with Gasteiger partial charge in [0.2, 0.25) is 0 Å². The number of hydrogen-bond acceptors (Lipinski definition) is 5. The van der Waals surface area contributed by atoms with E-state index in [1.807, 2.05) is 28.3 Å². The van der Waals surface area contributed by atoms with Crippen molar-refractivity contribution in [2.24, 2.45) is 0 Å². The summed E-state index contributed by atoms with van der Waals surface area (Å²) < 4.78 is 1.86. The van der Waals surface area contributed by atoms with Crippen molar-refractivity contribution < 1.29 is 0 Å². The maximum atomic E-state index is 12.6. The molecule has 3 heterocycles. The summed E-state index contributed by atoms with van der Waals surface area (Å²) in [5, 5.41) is 2.95. The van der Waals surface area contributed by atoms with Crippen LogP contribution < -0.4 is 5.69 Å². The maximum Gasteiger partial charge on any atom is 0.349 e. The molecule has 0 fully saturated rings. The molecule has 122 valence electrons. The lowest BCUT2D eigenvalue weighted by molar-refractivity contribution is 0.673. The summed E-state index contributed by atoms with van der Waals surface area (Å²) in [6.07, 6.45) is 6.73. The third-order valence-corrected chi connectivity index (χ3v) is 6.14. The van der Waals surface area contributed by atoms with Crippen LogP contribution in [0.3, 0.4) is 0 Å². The van der Waals surface area contributed by atoms with Crippen LogP contribution in [0.5, 0.6) is 0 Å². The molecule has 1 aliphatic carbocycles. The van der Waals surface area contributed by atoms with Gasteiger partial charge in [-0.3, -0.25) is 9.55 Å². The summed E-state index contributed by atoms with van der Waals surface area (Å²) in [7, 11) is 0. The molecule has 0 radical (unpaired) electrons. The molecule has 0 unspecified atom stereocenters. The van der Waals surface area contributed by atoms with Gasteiger partial charge in [0.1, 0.15) is 5.03 Å². The Morgan fingerprint density at radius 3 is 3.00 bits per heavy atom. The normalized spacial score (nSPS) is 13.2. The topological polar surface area (TPSA) is 47.8 Å². The quantitative estimate of drug-likeness (QED) is 0.519. The Bertz CT molecular complexity index is 889. The lowest BCUT2D eigenvalue weighted by Gasteiger charge is -2.13. The molecule has 24 heavy (non-hydrogen) atoms. The second-order valence-corrected chi connectivity index (χ2v) is 7.79. The van der Waals surface area contributed by atoms with Crippen molar-refractivity contribution in [3.63, 3.8) is 0 Å². The van der Waals surface area contributed by atoms with E-state index in [2.05, 4.69) is 22.1 Å². The number of thiophene rings is 1. The highest BCUT2D eigenvalue weighted by Crippen LogP contribution is 2.31. The lowest BCUT2D eigenvalue weighted by Crippen LogP contribution is -2.27. The number of fused-ring (bicyclic) bond motifs is 1. The van der Waals surface area contributed by atoms with E-state index >= 15 is 0 Å². The Kier molecular flexibility index (Phi) is 4.49. The summed E-state index contributed by atoms with van der Waals surface area (Å²) in [4.78, 5) is 22.3. The molecule has 0 bridgehead atoms. The van der Waals surface area contributed by atoms with Crippen LogP contribution in [0.25, 0.3) is 0 Å². The highest BCUT2D eigenvalue weighted by molar-refractivity contribution is 7.98. The third-order valence-electron chi connectivity index (χ3n) is 4.19. The molecule has 4 nitrogen and oxygen atoms in total. The maximum absolute atomic E-state index is 12.6. The number of pyridine rings is 1. The van der Waals surface area contributed by atoms with Crippen LogP contribution in [-0.2, 0) is 25.1 Å². The number of rotatable bonds is 5. The van der Waals surface area contributed by atoms with Gasteiger partial charge in [-0.15, -0.1) is 23.1 Å². The van der Waals surface area contributed by atoms with Gasteiger partial charge < -0.3 is 0 Å². The Hall–Kier alpha value is -1.92. The summed E-state index contributed by atoms with van der Waals surface area (Å²) in [6, 6.07) is 8.09. The van der Waals surface area contributed by atoms with Crippen molar-refractivity contribution in [2.45, 2.75) is 36.6 Å². The molecule has 3 aromatic rings. The first kappa shape index (κ1) is 15.6. The van der Waals surface area contributed by atoms with E-state index < -0.39 is 0 Å². The minimum atomic E-state index is -0.127. The second kappa shape index (κ2) is 6.91. The van der Waals surface area contributed by atoms with Gasteiger partial charge in [0, 0.05) is 34.3 Å². The first-order valence-electron chi connectivity index (χ1n) is 7.98.